The number of hydrogen-bond donors (Lipinski definition) is 1. The molecule has 1 N–H and O–H groups in total. The minimum atomic E-state index is 0.426. The first kappa shape index (κ1) is 15.2. The number of aromatic nitrogens is 2. The highest BCUT2D eigenvalue weighted by Gasteiger charge is 2.17. The van der Waals surface area contributed by atoms with Gasteiger partial charge in [0.15, 0.2) is 0 Å². The first-order chi connectivity index (χ1) is 8.61. The molecular formula is C13H23BrN4. The normalized spacial score (nSPS) is 10.8. The maximum atomic E-state index is 4.42. The maximum Gasteiger partial charge on any atom is 0.148 e. The molecule has 1 heterocycles. The molecule has 0 spiro atoms. The molecule has 0 fully saturated rings. The smallest absolute Gasteiger partial charge is 0.148 e. The van der Waals surface area contributed by atoms with Gasteiger partial charge in [0.25, 0.3) is 0 Å². The summed E-state index contributed by atoms with van der Waals surface area (Å²) in [7, 11) is 0. The second-order valence-electron chi connectivity index (χ2n) is 4.57. The van der Waals surface area contributed by atoms with E-state index in [1.807, 2.05) is 0 Å². The van der Waals surface area contributed by atoms with Gasteiger partial charge in [0, 0.05) is 19.1 Å². The zero-order valence-corrected chi connectivity index (χ0v) is 13.3. The quantitative estimate of drug-likeness (QED) is 0.833. The lowest BCUT2D eigenvalue weighted by Crippen LogP contribution is -2.32. The van der Waals surface area contributed by atoms with Crippen LogP contribution in [0.25, 0.3) is 0 Å². The lowest BCUT2D eigenvalue weighted by atomic mass is 10.3. The third kappa shape index (κ3) is 3.83. The fraction of sp³-hybridized carbons (Fsp3) is 0.692. The first-order valence-electron chi connectivity index (χ1n) is 6.62. The van der Waals surface area contributed by atoms with Crippen LogP contribution in [0.5, 0.6) is 0 Å². The van der Waals surface area contributed by atoms with E-state index in [2.05, 4.69) is 63.8 Å². The zero-order valence-electron chi connectivity index (χ0n) is 11.7. The third-order valence-electron chi connectivity index (χ3n) is 2.67. The summed E-state index contributed by atoms with van der Waals surface area (Å²) >= 11 is 3.62. The average molecular weight is 315 g/mol. The Balaban J connectivity index is 2.99. The summed E-state index contributed by atoms with van der Waals surface area (Å²) in [5.41, 5.74) is 0. The van der Waals surface area contributed by atoms with E-state index in [1.165, 1.54) is 0 Å². The highest BCUT2D eigenvalue weighted by Crippen LogP contribution is 2.30. The molecule has 0 aliphatic heterocycles. The molecule has 1 aromatic heterocycles. The molecule has 18 heavy (non-hydrogen) atoms. The van der Waals surface area contributed by atoms with Crippen LogP contribution in [0.15, 0.2) is 10.8 Å². The zero-order chi connectivity index (χ0) is 13.5. The predicted octanol–water partition coefficient (Wildman–Crippen LogP) is 3.69. The molecule has 0 aromatic carbocycles. The van der Waals surface area contributed by atoms with Gasteiger partial charge < -0.3 is 10.2 Å². The summed E-state index contributed by atoms with van der Waals surface area (Å²) in [5, 5.41) is 3.31. The van der Waals surface area contributed by atoms with Crippen LogP contribution >= 0.6 is 15.9 Å². The fourth-order valence-corrected chi connectivity index (χ4v) is 2.35. The van der Waals surface area contributed by atoms with Crippen LogP contribution in [0.4, 0.5) is 11.6 Å². The molecule has 1 aromatic rings. The highest BCUT2D eigenvalue weighted by atomic mass is 79.9. The van der Waals surface area contributed by atoms with E-state index in [1.54, 1.807) is 6.33 Å². The van der Waals surface area contributed by atoms with E-state index in [-0.39, 0.29) is 0 Å². The molecule has 0 saturated carbocycles. The van der Waals surface area contributed by atoms with E-state index in [0.29, 0.717) is 6.04 Å². The molecule has 5 heteroatoms. The monoisotopic (exact) mass is 314 g/mol. The Bertz CT molecular complexity index is 368. The number of nitrogens with one attached hydrogen (secondary N) is 1. The van der Waals surface area contributed by atoms with Crippen LogP contribution in [-0.2, 0) is 0 Å². The third-order valence-corrected chi connectivity index (χ3v) is 3.40. The number of hydrogen-bond acceptors (Lipinski definition) is 4. The molecule has 0 atom stereocenters. The molecule has 102 valence electrons. The number of rotatable bonds is 7. The molecule has 0 unspecified atom stereocenters. The van der Waals surface area contributed by atoms with Crippen LogP contribution in [0.2, 0.25) is 0 Å². The molecule has 1 rings (SSSR count). The average Bonchev–Trinajstić information content (AvgIpc) is 2.35. The molecule has 0 saturated heterocycles. The van der Waals surface area contributed by atoms with Crippen molar-refractivity contribution in [3.8, 4) is 0 Å². The van der Waals surface area contributed by atoms with Crippen molar-refractivity contribution in [2.24, 2.45) is 0 Å². The molecule has 4 nitrogen and oxygen atoms in total. The van der Waals surface area contributed by atoms with Crippen molar-refractivity contribution in [3.63, 3.8) is 0 Å². The Morgan fingerprint density at radius 3 is 2.56 bits per heavy atom. The van der Waals surface area contributed by atoms with Crippen molar-refractivity contribution in [3.05, 3.63) is 10.8 Å². The van der Waals surface area contributed by atoms with Gasteiger partial charge >= 0.3 is 0 Å². The topological polar surface area (TPSA) is 41.1 Å². The lowest BCUT2D eigenvalue weighted by molar-refractivity contribution is 0.659. The van der Waals surface area contributed by atoms with E-state index in [0.717, 1.165) is 42.0 Å². The molecule has 0 amide bonds. The minimum absolute atomic E-state index is 0.426. The fourth-order valence-electron chi connectivity index (χ4n) is 1.78. The Morgan fingerprint density at radius 2 is 2.00 bits per heavy atom. The van der Waals surface area contributed by atoms with E-state index < -0.39 is 0 Å². The summed E-state index contributed by atoms with van der Waals surface area (Å²) < 4.78 is 0.959. The maximum absolute atomic E-state index is 4.42. The molecule has 0 radical (unpaired) electrons. The van der Waals surface area contributed by atoms with Gasteiger partial charge in [-0.1, -0.05) is 13.8 Å². The van der Waals surface area contributed by atoms with E-state index in [9.17, 15) is 0 Å². The van der Waals surface area contributed by atoms with Crippen LogP contribution in [0.3, 0.4) is 0 Å². The van der Waals surface area contributed by atoms with Gasteiger partial charge in [-0.25, -0.2) is 9.97 Å². The van der Waals surface area contributed by atoms with Crippen molar-refractivity contribution in [1.29, 1.82) is 0 Å². The van der Waals surface area contributed by atoms with Gasteiger partial charge in [-0.3, -0.25) is 0 Å². The standard InChI is InChI=1S/C13H23BrN4/c1-5-7-15-12-11(14)13(17-9-16-12)18(8-6-2)10(3)4/h9-10H,5-8H2,1-4H3,(H,15,16,17). The first-order valence-corrected chi connectivity index (χ1v) is 7.42. The Morgan fingerprint density at radius 1 is 1.28 bits per heavy atom. The van der Waals surface area contributed by atoms with Crippen molar-refractivity contribution in [2.75, 3.05) is 23.3 Å². The van der Waals surface area contributed by atoms with Crippen molar-refractivity contribution >= 4 is 27.6 Å². The summed E-state index contributed by atoms with van der Waals surface area (Å²) in [4.78, 5) is 11.0. The van der Waals surface area contributed by atoms with E-state index >= 15 is 0 Å². The highest BCUT2D eigenvalue weighted by molar-refractivity contribution is 9.10. The van der Waals surface area contributed by atoms with Crippen LogP contribution < -0.4 is 10.2 Å². The van der Waals surface area contributed by atoms with Gasteiger partial charge in [-0.05, 0) is 42.6 Å². The lowest BCUT2D eigenvalue weighted by Gasteiger charge is -2.28. The van der Waals surface area contributed by atoms with Crippen LogP contribution in [0.1, 0.15) is 40.5 Å². The Hall–Kier alpha value is -0.840. The van der Waals surface area contributed by atoms with Gasteiger partial charge in [0.05, 0.1) is 0 Å². The summed E-state index contributed by atoms with van der Waals surface area (Å²) in [6, 6.07) is 0.426. The second kappa shape index (κ2) is 7.56. The molecule has 0 aliphatic carbocycles. The predicted molar refractivity (Wildman–Crippen MR) is 81.3 cm³/mol. The van der Waals surface area contributed by atoms with Gasteiger partial charge in [0.1, 0.15) is 22.4 Å². The molecule has 0 aliphatic rings. The Labute approximate surface area is 118 Å². The van der Waals surface area contributed by atoms with Crippen molar-refractivity contribution < 1.29 is 0 Å². The van der Waals surface area contributed by atoms with Crippen LogP contribution in [0, 0.1) is 0 Å². The van der Waals surface area contributed by atoms with E-state index in [4.69, 9.17) is 0 Å². The molecular weight excluding hydrogens is 292 g/mol. The van der Waals surface area contributed by atoms with Gasteiger partial charge in [-0.15, -0.1) is 0 Å². The number of anilines is 2. The van der Waals surface area contributed by atoms with Gasteiger partial charge in [-0.2, -0.15) is 0 Å². The van der Waals surface area contributed by atoms with Crippen molar-refractivity contribution in [1.82, 2.24) is 9.97 Å². The number of halogens is 1. The SMILES string of the molecule is CCCNc1ncnc(N(CCC)C(C)C)c1Br. The van der Waals surface area contributed by atoms with Gasteiger partial charge in [0.2, 0.25) is 0 Å². The van der Waals surface area contributed by atoms with Crippen molar-refractivity contribution in [2.45, 2.75) is 46.6 Å². The summed E-state index contributed by atoms with van der Waals surface area (Å²) in [5.74, 6) is 1.85. The Kier molecular flexibility index (Phi) is 6.39. The van der Waals surface area contributed by atoms with Crippen LogP contribution in [-0.4, -0.2) is 29.1 Å². The summed E-state index contributed by atoms with van der Waals surface area (Å²) in [6.07, 6.45) is 3.81. The number of nitrogens with zero attached hydrogens (tertiary/aromatic N) is 3. The molecule has 0 bridgehead atoms. The second-order valence-corrected chi connectivity index (χ2v) is 5.37. The minimum Gasteiger partial charge on any atom is -0.369 e. The largest absolute Gasteiger partial charge is 0.369 e. The summed E-state index contributed by atoms with van der Waals surface area (Å²) in [6.45, 7) is 10.6.